The number of carbonyl (C=O) groups is 1. The van der Waals surface area contributed by atoms with E-state index in [0.717, 1.165) is 10.8 Å². The maximum absolute atomic E-state index is 12.0. The van der Waals surface area contributed by atoms with E-state index in [9.17, 15) is 9.59 Å². The number of fused-ring (bicyclic) bond motifs is 3. The van der Waals surface area contributed by atoms with Gasteiger partial charge in [-0.1, -0.05) is 18.2 Å². The maximum atomic E-state index is 12.0. The average Bonchev–Trinajstić information content (AvgIpc) is 2.43. The molecule has 0 spiro atoms. The van der Waals surface area contributed by atoms with Gasteiger partial charge in [0.25, 0.3) is 0 Å². The van der Waals surface area contributed by atoms with Crippen molar-refractivity contribution in [3.8, 4) is 5.75 Å². The fourth-order valence-electron chi connectivity index (χ4n) is 2.33. The van der Waals surface area contributed by atoms with Gasteiger partial charge in [-0.15, -0.1) is 0 Å². The third-order valence-corrected chi connectivity index (χ3v) is 3.24. The lowest BCUT2D eigenvalue weighted by Gasteiger charge is -2.09. The molecule has 0 saturated carbocycles. The monoisotopic (exact) mass is 268 g/mol. The Hall–Kier alpha value is -2.62. The van der Waals surface area contributed by atoms with E-state index in [1.165, 1.54) is 6.92 Å². The SMILES string of the molecule is CC(=O)Oc1ccc2c(oc(=O)c3ccccc32)c1C. The van der Waals surface area contributed by atoms with Crippen molar-refractivity contribution in [1.29, 1.82) is 0 Å². The Bertz CT molecular complexity index is 890. The quantitative estimate of drug-likeness (QED) is 0.294. The normalized spacial score (nSPS) is 10.9. The summed E-state index contributed by atoms with van der Waals surface area (Å²) in [6.07, 6.45) is 0. The molecule has 2 aromatic carbocycles. The number of ether oxygens (including phenoxy) is 1. The third kappa shape index (κ3) is 1.86. The summed E-state index contributed by atoms with van der Waals surface area (Å²) in [6.45, 7) is 3.10. The average molecular weight is 268 g/mol. The van der Waals surface area contributed by atoms with Crippen LogP contribution in [0.25, 0.3) is 21.7 Å². The maximum Gasteiger partial charge on any atom is 0.344 e. The Kier molecular flexibility index (Phi) is 2.79. The van der Waals surface area contributed by atoms with E-state index in [0.29, 0.717) is 22.3 Å². The summed E-state index contributed by atoms with van der Waals surface area (Å²) in [7, 11) is 0. The summed E-state index contributed by atoms with van der Waals surface area (Å²) in [5, 5.41) is 2.20. The Morgan fingerprint density at radius 1 is 1.05 bits per heavy atom. The minimum absolute atomic E-state index is 0.392. The highest BCUT2D eigenvalue weighted by atomic mass is 16.5. The van der Waals surface area contributed by atoms with Crippen molar-refractivity contribution in [2.24, 2.45) is 0 Å². The summed E-state index contributed by atoms with van der Waals surface area (Å²) in [4.78, 5) is 23.1. The number of hydrogen-bond donors (Lipinski definition) is 0. The van der Waals surface area contributed by atoms with Crippen LogP contribution in [0.3, 0.4) is 0 Å². The molecule has 0 aliphatic rings. The minimum atomic E-state index is -0.407. The Balaban J connectivity index is 2.42. The lowest BCUT2D eigenvalue weighted by molar-refractivity contribution is -0.131. The summed E-state index contributed by atoms with van der Waals surface area (Å²) < 4.78 is 10.5. The van der Waals surface area contributed by atoms with Crippen molar-refractivity contribution in [2.75, 3.05) is 0 Å². The van der Waals surface area contributed by atoms with Gasteiger partial charge in [0.15, 0.2) is 0 Å². The highest BCUT2D eigenvalue weighted by molar-refractivity contribution is 6.05. The topological polar surface area (TPSA) is 56.5 Å². The van der Waals surface area contributed by atoms with Crippen LogP contribution in [0.2, 0.25) is 0 Å². The zero-order valence-electron chi connectivity index (χ0n) is 11.1. The lowest BCUT2D eigenvalue weighted by atomic mass is 10.0. The molecule has 3 aromatic rings. The van der Waals surface area contributed by atoms with Crippen molar-refractivity contribution in [3.63, 3.8) is 0 Å². The van der Waals surface area contributed by atoms with Crippen molar-refractivity contribution >= 4 is 27.7 Å². The molecule has 0 aliphatic carbocycles. The number of carbonyl (C=O) groups excluding carboxylic acids is 1. The van der Waals surface area contributed by atoms with Crippen LogP contribution in [0.4, 0.5) is 0 Å². The van der Waals surface area contributed by atoms with Crippen LogP contribution >= 0.6 is 0 Å². The fourth-order valence-corrected chi connectivity index (χ4v) is 2.33. The molecule has 0 bridgehead atoms. The molecule has 100 valence electrons. The van der Waals surface area contributed by atoms with Crippen LogP contribution < -0.4 is 10.4 Å². The molecule has 0 saturated heterocycles. The zero-order chi connectivity index (χ0) is 14.3. The molecule has 0 atom stereocenters. The molecule has 0 unspecified atom stereocenters. The first-order chi connectivity index (χ1) is 9.58. The Labute approximate surface area is 114 Å². The van der Waals surface area contributed by atoms with Crippen molar-refractivity contribution in [3.05, 3.63) is 52.4 Å². The molecule has 0 N–H and O–H groups in total. The minimum Gasteiger partial charge on any atom is -0.426 e. The first-order valence-corrected chi connectivity index (χ1v) is 6.21. The second-order valence-corrected chi connectivity index (χ2v) is 4.59. The number of hydrogen-bond acceptors (Lipinski definition) is 4. The van der Waals surface area contributed by atoms with Gasteiger partial charge in [-0.05, 0) is 30.5 Å². The number of rotatable bonds is 1. The van der Waals surface area contributed by atoms with Gasteiger partial charge in [0, 0.05) is 17.9 Å². The van der Waals surface area contributed by atoms with Crippen molar-refractivity contribution in [2.45, 2.75) is 13.8 Å². The van der Waals surface area contributed by atoms with E-state index in [4.69, 9.17) is 9.15 Å². The highest BCUT2D eigenvalue weighted by Crippen LogP contribution is 2.30. The summed E-state index contributed by atoms with van der Waals surface area (Å²) in [5.74, 6) is -0.000910. The van der Waals surface area contributed by atoms with E-state index >= 15 is 0 Å². The van der Waals surface area contributed by atoms with E-state index in [-0.39, 0.29) is 0 Å². The summed E-state index contributed by atoms with van der Waals surface area (Å²) in [6, 6.07) is 10.8. The van der Waals surface area contributed by atoms with Crippen LogP contribution in [-0.2, 0) is 4.79 Å². The smallest absolute Gasteiger partial charge is 0.344 e. The van der Waals surface area contributed by atoms with Gasteiger partial charge in [-0.25, -0.2) is 4.79 Å². The standard InChI is InChI=1S/C16H12O4/c1-9-14(19-10(2)17)8-7-12-11-5-3-4-6-13(11)16(18)20-15(9)12/h3-8H,1-2H3. The first kappa shape index (κ1) is 12.4. The molecule has 3 rings (SSSR count). The van der Waals surface area contributed by atoms with E-state index in [1.54, 1.807) is 31.2 Å². The van der Waals surface area contributed by atoms with Crippen molar-refractivity contribution in [1.82, 2.24) is 0 Å². The van der Waals surface area contributed by atoms with Crippen LogP contribution in [0, 0.1) is 6.92 Å². The molecule has 20 heavy (non-hydrogen) atoms. The summed E-state index contributed by atoms with van der Waals surface area (Å²) >= 11 is 0. The Morgan fingerprint density at radius 3 is 2.45 bits per heavy atom. The van der Waals surface area contributed by atoms with E-state index in [1.807, 2.05) is 12.1 Å². The molecule has 0 aliphatic heterocycles. The van der Waals surface area contributed by atoms with Crippen LogP contribution in [-0.4, -0.2) is 5.97 Å². The molecule has 0 amide bonds. The molecule has 4 heteroatoms. The Morgan fingerprint density at radius 2 is 1.75 bits per heavy atom. The number of esters is 1. The number of benzene rings is 2. The zero-order valence-corrected chi connectivity index (χ0v) is 11.1. The van der Waals surface area contributed by atoms with Gasteiger partial charge in [-0.3, -0.25) is 4.79 Å². The fraction of sp³-hybridized carbons (Fsp3) is 0.125. The molecule has 4 nitrogen and oxygen atoms in total. The molecule has 1 aromatic heterocycles. The predicted octanol–water partition coefficient (Wildman–Crippen LogP) is 3.18. The van der Waals surface area contributed by atoms with E-state index in [2.05, 4.69) is 0 Å². The van der Waals surface area contributed by atoms with Gasteiger partial charge in [0.1, 0.15) is 11.3 Å². The van der Waals surface area contributed by atoms with Gasteiger partial charge < -0.3 is 9.15 Å². The van der Waals surface area contributed by atoms with Gasteiger partial charge in [-0.2, -0.15) is 0 Å². The third-order valence-electron chi connectivity index (χ3n) is 3.24. The van der Waals surface area contributed by atoms with Gasteiger partial charge >= 0.3 is 11.6 Å². The molecule has 0 radical (unpaired) electrons. The molecular formula is C16H12O4. The number of aryl methyl sites for hydroxylation is 1. The predicted molar refractivity (Wildman–Crippen MR) is 76.0 cm³/mol. The lowest BCUT2D eigenvalue weighted by Crippen LogP contribution is -2.04. The molecule has 1 heterocycles. The van der Waals surface area contributed by atoms with Gasteiger partial charge in [0.05, 0.1) is 5.39 Å². The van der Waals surface area contributed by atoms with Crippen molar-refractivity contribution < 1.29 is 13.9 Å². The summed E-state index contributed by atoms with van der Waals surface area (Å²) in [5.41, 5.74) is 0.698. The second-order valence-electron chi connectivity index (χ2n) is 4.59. The highest BCUT2D eigenvalue weighted by Gasteiger charge is 2.13. The van der Waals surface area contributed by atoms with Crippen LogP contribution in [0.1, 0.15) is 12.5 Å². The first-order valence-electron chi connectivity index (χ1n) is 6.21. The van der Waals surface area contributed by atoms with Crippen LogP contribution in [0.15, 0.2) is 45.6 Å². The largest absolute Gasteiger partial charge is 0.426 e. The molecule has 0 fully saturated rings. The van der Waals surface area contributed by atoms with Crippen LogP contribution in [0.5, 0.6) is 5.75 Å². The second kappa shape index (κ2) is 4.49. The van der Waals surface area contributed by atoms with E-state index < -0.39 is 11.6 Å². The van der Waals surface area contributed by atoms with Gasteiger partial charge in [0.2, 0.25) is 0 Å². The molecular weight excluding hydrogens is 256 g/mol.